The SMILES string of the molecule is O=CNc1ccc(-c2nc(-c3ccccc3)nc(-c3ccccc3O)n2)cc1. The Labute approximate surface area is 161 Å². The Morgan fingerprint density at radius 2 is 1.25 bits per heavy atom. The molecule has 0 atom stereocenters. The third-order valence-corrected chi connectivity index (χ3v) is 4.18. The summed E-state index contributed by atoms with van der Waals surface area (Å²) in [6.45, 7) is 0. The lowest BCUT2D eigenvalue weighted by molar-refractivity contribution is -0.105. The van der Waals surface area contributed by atoms with Gasteiger partial charge >= 0.3 is 0 Å². The van der Waals surface area contributed by atoms with Crippen LogP contribution in [0.5, 0.6) is 5.75 Å². The highest BCUT2D eigenvalue weighted by Crippen LogP contribution is 2.29. The van der Waals surface area contributed by atoms with Crippen LogP contribution in [-0.2, 0) is 4.79 Å². The normalized spacial score (nSPS) is 10.4. The fraction of sp³-hybridized carbons (Fsp3) is 0. The number of benzene rings is 3. The highest BCUT2D eigenvalue weighted by atomic mass is 16.3. The summed E-state index contributed by atoms with van der Waals surface area (Å²) in [5, 5.41) is 12.8. The number of aromatic hydroxyl groups is 1. The first-order valence-corrected chi connectivity index (χ1v) is 8.65. The molecule has 4 rings (SSSR count). The molecule has 0 aliphatic rings. The van der Waals surface area contributed by atoms with E-state index in [2.05, 4.69) is 20.3 Å². The monoisotopic (exact) mass is 368 g/mol. The van der Waals surface area contributed by atoms with Crippen LogP contribution in [0.3, 0.4) is 0 Å². The van der Waals surface area contributed by atoms with Gasteiger partial charge in [0.05, 0.1) is 5.56 Å². The van der Waals surface area contributed by atoms with Gasteiger partial charge in [-0.05, 0) is 36.4 Å². The molecule has 6 nitrogen and oxygen atoms in total. The van der Waals surface area contributed by atoms with Gasteiger partial charge in [0, 0.05) is 16.8 Å². The minimum Gasteiger partial charge on any atom is -0.507 e. The molecule has 4 aromatic rings. The van der Waals surface area contributed by atoms with Gasteiger partial charge in [-0.1, -0.05) is 42.5 Å². The van der Waals surface area contributed by atoms with Crippen LogP contribution >= 0.6 is 0 Å². The Hall–Kier alpha value is -4.06. The summed E-state index contributed by atoms with van der Waals surface area (Å²) in [5.41, 5.74) is 2.83. The molecule has 0 unspecified atom stereocenters. The largest absolute Gasteiger partial charge is 0.507 e. The summed E-state index contributed by atoms with van der Waals surface area (Å²) in [4.78, 5) is 24.3. The highest BCUT2D eigenvalue weighted by Gasteiger charge is 2.14. The smallest absolute Gasteiger partial charge is 0.211 e. The standard InChI is InChI=1S/C22H16N4O2/c27-14-23-17-12-10-16(11-13-17)21-24-20(15-6-2-1-3-7-15)25-22(26-21)18-8-4-5-9-19(18)28/h1-14,28H,(H,23,27). The Bertz CT molecular complexity index is 1110. The van der Waals surface area contributed by atoms with Crippen LogP contribution in [0, 0.1) is 0 Å². The second-order valence-corrected chi connectivity index (χ2v) is 6.03. The van der Waals surface area contributed by atoms with Crippen LogP contribution in [0.2, 0.25) is 0 Å². The Balaban J connectivity index is 1.87. The van der Waals surface area contributed by atoms with E-state index in [1.807, 2.05) is 48.5 Å². The third-order valence-electron chi connectivity index (χ3n) is 4.18. The van der Waals surface area contributed by atoms with Gasteiger partial charge in [0.25, 0.3) is 0 Å². The summed E-state index contributed by atoms with van der Waals surface area (Å²) >= 11 is 0. The molecule has 0 aliphatic heterocycles. The number of nitrogens with zero attached hydrogens (tertiary/aromatic N) is 3. The van der Waals surface area contributed by atoms with Crippen molar-refractivity contribution in [2.75, 3.05) is 5.32 Å². The van der Waals surface area contributed by atoms with E-state index in [0.717, 1.165) is 11.1 Å². The second kappa shape index (κ2) is 7.67. The average Bonchev–Trinajstić information content (AvgIpc) is 2.75. The lowest BCUT2D eigenvalue weighted by atomic mass is 10.1. The average molecular weight is 368 g/mol. The van der Waals surface area contributed by atoms with E-state index in [1.54, 1.807) is 30.3 Å². The summed E-state index contributed by atoms with van der Waals surface area (Å²) in [7, 11) is 0. The molecule has 28 heavy (non-hydrogen) atoms. The number of carbonyl (C=O) groups excluding carboxylic acids is 1. The number of nitrogens with one attached hydrogen (secondary N) is 1. The molecule has 0 bridgehead atoms. The Kier molecular flexibility index (Phi) is 4.76. The molecular formula is C22H16N4O2. The number of phenols is 1. The number of para-hydroxylation sites is 1. The summed E-state index contributed by atoms with van der Waals surface area (Å²) in [6.07, 6.45) is 0.627. The fourth-order valence-electron chi connectivity index (χ4n) is 2.79. The molecule has 0 saturated heterocycles. The molecule has 6 heteroatoms. The number of hydrogen-bond donors (Lipinski definition) is 2. The number of phenolic OH excluding ortho intramolecular Hbond substituents is 1. The number of hydrogen-bond acceptors (Lipinski definition) is 5. The van der Waals surface area contributed by atoms with Gasteiger partial charge in [0.1, 0.15) is 5.75 Å². The molecule has 2 N–H and O–H groups in total. The van der Waals surface area contributed by atoms with E-state index in [-0.39, 0.29) is 5.75 Å². The maximum atomic E-state index is 10.6. The van der Waals surface area contributed by atoms with Crippen LogP contribution in [-0.4, -0.2) is 26.5 Å². The van der Waals surface area contributed by atoms with Crippen LogP contribution in [0.15, 0.2) is 78.9 Å². The minimum atomic E-state index is 0.101. The maximum Gasteiger partial charge on any atom is 0.211 e. The van der Waals surface area contributed by atoms with Crippen molar-refractivity contribution in [3.8, 4) is 39.9 Å². The first kappa shape index (κ1) is 17.4. The van der Waals surface area contributed by atoms with E-state index in [1.165, 1.54) is 0 Å². The van der Waals surface area contributed by atoms with Crippen molar-refractivity contribution in [2.24, 2.45) is 0 Å². The van der Waals surface area contributed by atoms with Crippen molar-refractivity contribution in [2.45, 2.75) is 0 Å². The van der Waals surface area contributed by atoms with E-state index in [9.17, 15) is 9.90 Å². The zero-order valence-corrected chi connectivity index (χ0v) is 14.8. The van der Waals surface area contributed by atoms with Crippen LogP contribution < -0.4 is 5.32 Å². The number of amides is 1. The number of aromatic nitrogens is 3. The van der Waals surface area contributed by atoms with Gasteiger partial charge in [0.2, 0.25) is 6.41 Å². The lowest BCUT2D eigenvalue weighted by Crippen LogP contribution is -2.00. The van der Waals surface area contributed by atoms with Crippen molar-refractivity contribution in [1.29, 1.82) is 0 Å². The van der Waals surface area contributed by atoms with Crippen LogP contribution in [0.4, 0.5) is 5.69 Å². The van der Waals surface area contributed by atoms with Gasteiger partial charge < -0.3 is 10.4 Å². The van der Waals surface area contributed by atoms with Crippen molar-refractivity contribution >= 4 is 12.1 Å². The van der Waals surface area contributed by atoms with Gasteiger partial charge in [-0.15, -0.1) is 0 Å². The van der Waals surface area contributed by atoms with Crippen LogP contribution in [0.1, 0.15) is 0 Å². The zero-order chi connectivity index (χ0) is 19.3. The lowest BCUT2D eigenvalue weighted by Gasteiger charge is -2.09. The molecule has 0 aliphatic carbocycles. The van der Waals surface area contributed by atoms with E-state index >= 15 is 0 Å². The predicted molar refractivity (Wildman–Crippen MR) is 107 cm³/mol. The number of anilines is 1. The second-order valence-electron chi connectivity index (χ2n) is 6.03. The molecule has 0 saturated carbocycles. The number of carbonyl (C=O) groups is 1. The quantitative estimate of drug-likeness (QED) is 0.517. The van der Waals surface area contributed by atoms with E-state index in [0.29, 0.717) is 35.1 Å². The first-order valence-electron chi connectivity index (χ1n) is 8.65. The molecule has 0 fully saturated rings. The number of rotatable bonds is 5. The molecule has 0 spiro atoms. The molecule has 1 amide bonds. The maximum absolute atomic E-state index is 10.6. The molecule has 3 aromatic carbocycles. The summed E-state index contributed by atoms with van der Waals surface area (Å²) < 4.78 is 0. The van der Waals surface area contributed by atoms with Gasteiger partial charge in [-0.2, -0.15) is 0 Å². The fourth-order valence-corrected chi connectivity index (χ4v) is 2.79. The highest BCUT2D eigenvalue weighted by molar-refractivity contribution is 5.74. The van der Waals surface area contributed by atoms with Crippen molar-refractivity contribution in [3.63, 3.8) is 0 Å². The minimum absolute atomic E-state index is 0.101. The Morgan fingerprint density at radius 1 is 0.679 bits per heavy atom. The molecule has 1 heterocycles. The van der Waals surface area contributed by atoms with Gasteiger partial charge in [-0.3, -0.25) is 4.79 Å². The van der Waals surface area contributed by atoms with Crippen molar-refractivity contribution in [1.82, 2.24) is 15.0 Å². The van der Waals surface area contributed by atoms with E-state index in [4.69, 9.17) is 0 Å². The zero-order valence-electron chi connectivity index (χ0n) is 14.8. The molecule has 0 radical (unpaired) electrons. The Morgan fingerprint density at radius 3 is 1.89 bits per heavy atom. The van der Waals surface area contributed by atoms with Gasteiger partial charge in [0.15, 0.2) is 17.5 Å². The molecule has 136 valence electrons. The molecular weight excluding hydrogens is 352 g/mol. The molecule has 1 aromatic heterocycles. The predicted octanol–water partition coefficient (Wildman–Crippen LogP) is 4.15. The van der Waals surface area contributed by atoms with Crippen LogP contribution in [0.25, 0.3) is 34.2 Å². The van der Waals surface area contributed by atoms with E-state index < -0.39 is 0 Å². The third kappa shape index (κ3) is 3.57. The summed E-state index contributed by atoms with van der Waals surface area (Å²) in [5.74, 6) is 1.48. The summed E-state index contributed by atoms with van der Waals surface area (Å²) in [6, 6.07) is 23.7. The first-order chi connectivity index (χ1) is 13.7. The van der Waals surface area contributed by atoms with Crippen molar-refractivity contribution < 1.29 is 9.90 Å². The topological polar surface area (TPSA) is 88.0 Å². The van der Waals surface area contributed by atoms with Gasteiger partial charge in [-0.25, -0.2) is 15.0 Å². The van der Waals surface area contributed by atoms with Crippen molar-refractivity contribution in [3.05, 3.63) is 78.9 Å².